The van der Waals surface area contributed by atoms with Crippen LogP contribution in [0, 0.1) is 5.92 Å². The molecular weight excluding hydrogens is 406 g/mol. The van der Waals surface area contributed by atoms with Crippen molar-refractivity contribution in [3.63, 3.8) is 0 Å². The van der Waals surface area contributed by atoms with E-state index in [1.54, 1.807) is 17.8 Å². The Balaban J connectivity index is 1.61. The Bertz CT molecular complexity index is 912. The number of aromatic nitrogens is 1. The first-order valence-corrected chi connectivity index (χ1v) is 11.5. The van der Waals surface area contributed by atoms with Gasteiger partial charge in [0.25, 0.3) is 0 Å². The van der Waals surface area contributed by atoms with E-state index in [-0.39, 0.29) is 35.0 Å². The molecule has 1 amide bonds. The van der Waals surface area contributed by atoms with Crippen molar-refractivity contribution in [3.05, 3.63) is 47.7 Å². The topological polar surface area (TPSA) is 79.4 Å². The minimum Gasteiger partial charge on any atom is -0.326 e. The molecule has 0 atom stereocenters. The van der Waals surface area contributed by atoms with Crippen molar-refractivity contribution in [1.29, 1.82) is 0 Å². The van der Waals surface area contributed by atoms with E-state index < -0.39 is 10.0 Å². The van der Waals surface area contributed by atoms with Gasteiger partial charge in [0, 0.05) is 35.8 Å². The summed E-state index contributed by atoms with van der Waals surface area (Å²) in [5, 5.41) is 2.87. The van der Waals surface area contributed by atoms with Crippen LogP contribution in [-0.2, 0) is 14.8 Å². The Morgan fingerprint density at radius 2 is 1.89 bits per heavy atom. The molecule has 0 saturated carbocycles. The summed E-state index contributed by atoms with van der Waals surface area (Å²) in [6.45, 7) is 0.550. The van der Waals surface area contributed by atoms with Gasteiger partial charge in [-0.05, 0) is 55.5 Å². The van der Waals surface area contributed by atoms with Crippen molar-refractivity contribution in [2.75, 3.05) is 24.7 Å². The first-order chi connectivity index (χ1) is 12.9. The molecule has 3 rings (SSSR count). The fourth-order valence-corrected chi connectivity index (χ4v) is 5.29. The predicted octanol–water partition coefficient (Wildman–Crippen LogP) is 3.50. The van der Waals surface area contributed by atoms with Gasteiger partial charge in [-0.2, -0.15) is 4.31 Å². The molecular formula is C18H20ClN3O3S2. The van der Waals surface area contributed by atoms with E-state index in [4.69, 9.17) is 11.6 Å². The molecule has 1 aromatic heterocycles. The van der Waals surface area contributed by atoms with Gasteiger partial charge in [-0.3, -0.25) is 4.79 Å². The maximum absolute atomic E-state index is 12.7. The van der Waals surface area contributed by atoms with E-state index in [0.717, 1.165) is 10.6 Å². The second-order valence-electron chi connectivity index (χ2n) is 6.19. The molecule has 0 bridgehead atoms. The lowest BCUT2D eigenvalue weighted by molar-refractivity contribution is -0.120. The number of hydrogen-bond acceptors (Lipinski definition) is 5. The van der Waals surface area contributed by atoms with Crippen LogP contribution in [0.2, 0.25) is 5.15 Å². The lowest BCUT2D eigenvalue weighted by Gasteiger charge is -2.30. The van der Waals surface area contributed by atoms with E-state index >= 15 is 0 Å². The molecule has 1 aliphatic rings. The maximum Gasteiger partial charge on any atom is 0.246 e. The molecule has 0 radical (unpaired) electrons. The van der Waals surface area contributed by atoms with E-state index in [1.165, 1.54) is 16.6 Å². The summed E-state index contributed by atoms with van der Waals surface area (Å²) in [6, 6.07) is 10.6. The van der Waals surface area contributed by atoms with Gasteiger partial charge in [0.1, 0.15) is 10.0 Å². The molecule has 1 saturated heterocycles. The van der Waals surface area contributed by atoms with Gasteiger partial charge in [-0.1, -0.05) is 11.6 Å². The van der Waals surface area contributed by atoms with Gasteiger partial charge >= 0.3 is 0 Å². The molecule has 0 aliphatic carbocycles. The number of piperidine rings is 1. The molecule has 2 heterocycles. The zero-order valence-electron chi connectivity index (χ0n) is 14.8. The Morgan fingerprint density at radius 1 is 1.22 bits per heavy atom. The van der Waals surface area contributed by atoms with Crippen LogP contribution in [0.3, 0.4) is 0 Å². The summed E-state index contributed by atoms with van der Waals surface area (Å²) in [5.74, 6) is -0.301. The van der Waals surface area contributed by atoms with Gasteiger partial charge in [0.15, 0.2) is 0 Å². The number of amides is 1. The van der Waals surface area contributed by atoms with Crippen LogP contribution in [0.4, 0.5) is 5.69 Å². The number of rotatable bonds is 5. The van der Waals surface area contributed by atoms with E-state index in [1.807, 2.05) is 30.5 Å². The van der Waals surface area contributed by atoms with Gasteiger partial charge in [-0.25, -0.2) is 13.4 Å². The van der Waals surface area contributed by atoms with Crippen LogP contribution in [0.25, 0.3) is 0 Å². The number of thioether (sulfide) groups is 1. The summed E-state index contributed by atoms with van der Waals surface area (Å²) in [7, 11) is -3.70. The quantitative estimate of drug-likeness (QED) is 0.585. The average Bonchev–Trinajstić information content (AvgIpc) is 2.69. The minimum atomic E-state index is -3.70. The van der Waals surface area contributed by atoms with Crippen molar-refractivity contribution in [1.82, 2.24) is 9.29 Å². The molecule has 9 heteroatoms. The van der Waals surface area contributed by atoms with Gasteiger partial charge < -0.3 is 5.32 Å². The monoisotopic (exact) mass is 425 g/mol. The minimum absolute atomic E-state index is 0.00320. The predicted molar refractivity (Wildman–Crippen MR) is 108 cm³/mol. The summed E-state index contributed by atoms with van der Waals surface area (Å²) in [6.07, 6.45) is 4.37. The van der Waals surface area contributed by atoms with Crippen molar-refractivity contribution in [3.8, 4) is 0 Å². The first-order valence-electron chi connectivity index (χ1n) is 8.47. The van der Waals surface area contributed by atoms with Crippen LogP contribution in [0.1, 0.15) is 12.8 Å². The maximum atomic E-state index is 12.7. The second-order valence-corrected chi connectivity index (χ2v) is 9.33. The number of carbonyl (C=O) groups is 1. The van der Waals surface area contributed by atoms with Crippen LogP contribution in [-0.4, -0.2) is 43.0 Å². The summed E-state index contributed by atoms with van der Waals surface area (Å²) in [5.41, 5.74) is 0.745. The Hall–Kier alpha value is -1.61. The molecule has 6 nitrogen and oxygen atoms in total. The fraction of sp³-hybridized carbons (Fsp3) is 0.333. The normalized spacial score (nSPS) is 16.2. The van der Waals surface area contributed by atoms with Crippen molar-refractivity contribution < 1.29 is 13.2 Å². The number of nitrogens with one attached hydrogen (secondary N) is 1. The molecule has 0 spiro atoms. The lowest BCUT2D eigenvalue weighted by atomic mass is 9.97. The molecule has 0 unspecified atom stereocenters. The van der Waals surface area contributed by atoms with Crippen LogP contribution in [0.15, 0.2) is 52.4 Å². The number of benzene rings is 1. The highest BCUT2D eigenvalue weighted by Gasteiger charge is 2.33. The molecule has 1 fully saturated rings. The van der Waals surface area contributed by atoms with Crippen LogP contribution < -0.4 is 5.32 Å². The number of anilines is 1. The Labute approximate surface area is 168 Å². The second kappa shape index (κ2) is 8.60. The van der Waals surface area contributed by atoms with Crippen molar-refractivity contribution >= 4 is 45.0 Å². The highest BCUT2D eigenvalue weighted by Crippen LogP contribution is 2.27. The highest BCUT2D eigenvalue weighted by molar-refractivity contribution is 7.98. The van der Waals surface area contributed by atoms with Crippen molar-refractivity contribution in [2.24, 2.45) is 5.92 Å². The highest BCUT2D eigenvalue weighted by atomic mass is 35.5. The summed E-state index contributed by atoms with van der Waals surface area (Å²) < 4.78 is 26.8. The van der Waals surface area contributed by atoms with Crippen LogP contribution >= 0.6 is 23.4 Å². The molecule has 2 aromatic rings. The van der Waals surface area contributed by atoms with Crippen LogP contribution in [0.5, 0.6) is 0 Å². The fourth-order valence-electron chi connectivity index (χ4n) is 2.98. The number of pyridine rings is 1. The summed E-state index contributed by atoms with van der Waals surface area (Å²) >= 11 is 7.57. The van der Waals surface area contributed by atoms with E-state index in [0.29, 0.717) is 12.8 Å². The SMILES string of the molecule is CSc1ccc(NC(=O)C2CCN(S(=O)(=O)c3cccnc3Cl)CC2)cc1. The third-order valence-electron chi connectivity index (χ3n) is 4.52. The number of halogens is 1. The molecule has 1 aliphatic heterocycles. The zero-order chi connectivity index (χ0) is 19.4. The Kier molecular flexibility index (Phi) is 6.41. The van der Waals surface area contributed by atoms with E-state index in [9.17, 15) is 13.2 Å². The third kappa shape index (κ3) is 4.63. The molecule has 144 valence electrons. The number of sulfonamides is 1. The van der Waals surface area contributed by atoms with Gasteiger partial charge in [0.2, 0.25) is 15.9 Å². The molecule has 1 aromatic carbocycles. The standard InChI is InChI=1S/C18H20ClN3O3S2/c1-26-15-6-4-14(5-7-15)21-18(23)13-8-11-22(12-9-13)27(24,25)16-3-2-10-20-17(16)19/h2-7,10,13H,8-9,11-12H2,1H3,(H,21,23). The Morgan fingerprint density at radius 3 is 2.48 bits per heavy atom. The molecule has 27 heavy (non-hydrogen) atoms. The van der Waals surface area contributed by atoms with Gasteiger partial charge in [-0.15, -0.1) is 11.8 Å². The first kappa shape index (κ1) is 20.1. The van der Waals surface area contributed by atoms with Gasteiger partial charge in [0.05, 0.1) is 0 Å². The number of carbonyl (C=O) groups excluding carboxylic acids is 1. The lowest BCUT2D eigenvalue weighted by Crippen LogP contribution is -2.41. The average molecular weight is 426 g/mol. The molecule has 1 N–H and O–H groups in total. The zero-order valence-corrected chi connectivity index (χ0v) is 17.1. The van der Waals surface area contributed by atoms with E-state index in [2.05, 4.69) is 10.3 Å². The van der Waals surface area contributed by atoms with Crippen molar-refractivity contribution in [2.45, 2.75) is 22.6 Å². The summed E-state index contributed by atoms with van der Waals surface area (Å²) in [4.78, 5) is 17.5. The largest absolute Gasteiger partial charge is 0.326 e. The third-order valence-corrected chi connectivity index (χ3v) is 7.61. The number of nitrogens with zero attached hydrogens (tertiary/aromatic N) is 2. The smallest absolute Gasteiger partial charge is 0.246 e. The number of hydrogen-bond donors (Lipinski definition) is 1.